The molecule has 1 atom stereocenters. The second kappa shape index (κ2) is 6.41. The molecule has 3 rings (SSSR count). The molecule has 0 fully saturated rings. The molecule has 0 bridgehead atoms. The fourth-order valence-electron chi connectivity index (χ4n) is 2.55. The molecule has 0 aromatic heterocycles. The van der Waals surface area contributed by atoms with Gasteiger partial charge in [-0.05, 0) is 12.1 Å². The molecule has 2 amide bonds. The molecule has 24 heavy (non-hydrogen) atoms. The second-order valence-electron chi connectivity index (χ2n) is 5.33. The van der Waals surface area contributed by atoms with Crippen LogP contribution in [0, 0.1) is 0 Å². The van der Waals surface area contributed by atoms with Gasteiger partial charge < -0.3 is 0 Å². The van der Waals surface area contributed by atoms with Crippen molar-refractivity contribution in [2.45, 2.75) is 11.8 Å². The summed E-state index contributed by atoms with van der Waals surface area (Å²) in [5, 5.41) is -1.29. The maximum atomic E-state index is 12.3. The molecule has 6 heteroatoms. The van der Waals surface area contributed by atoms with Gasteiger partial charge in [0.25, 0.3) is 11.8 Å². The summed E-state index contributed by atoms with van der Waals surface area (Å²) in [6.07, 6.45) is -0.425. The van der Waals surface area contributed by atoms with Gasteiger partial charge in [0.15, 0.2) is 11.6 Å². The van der Waals surface area contributed by atoms with Crippen molar-refractivity contribution in [2.24, 2.45) is 0 Å². The van der Waals surface area contributed by atoms with Gasteiger partial charge in [-0.1, -0.05) is 42.5 Å². The predicted octanol–water partition coefficient (Wildman–Crippen LogP) is 2.38. The molecule has 0 spiro atoms. The minimum atomic E-state index is -1.29. The number of ketones is 2. The Morgan fingerprint density at radius 1 is 0.875 bits per heavy atom. The van der Waals surface area contributed by atoms with Crippen molar-refractivity contribution in [2.75, 3.05) is 0 Å². The third-order valence-corrected chi connectivity index (χ3v) is 4.31. The summed E-state index contributed by atoms with van der Waals surface area (Å²) in [7, 11) is 0. The number of thiol groups is 1. The molecular weight excluding hydrogens is 326 g/mol. The van der Waals surface area contributed by atoms with Gasteiger partial charge in [0.05, 0.1) is 17.5 Å². The van der Waals surface area contributed by atoms with E-state index in [-0.39, 0.29) is 16.9 Å². The second-order valence-corrected chi connectivity index (χ2v) is 5.82. The van der Waals surface area contributed by atoms with Crippen molar-refractivity contribution in [3.8, 4) is 0 Å². The van der Waals surface area contributed by atoms with E-state index in [9.17, 15) is 19.2 Å². The van der Waals surface area contributed by atoms with E-state index in [0.717, 1.165) is 4.90 Å². The van der Waals surface area contributed by atoms with Crippen molar-refractivity contribution in [1.82, 2.24) is 4.90 Å². The average Bonchev–Trinajstić information content (AvgIpc) is 2.86. The van der Waals surface area contributed by atoms with Gasteiger partial charge in [-0.15, -0.1) is 12.6 Å². The standard InChI is InChI=1S/C18H13NO4S/c20-14(11-6-2-1-3-7-11)10-15(21)18(24)19-16(22)12-8-4-5-9-13(12)17(19)23/h1-9,18,24H,10H2. The average molecular weight is 339 g/mol. The first kappa shape index (κ1) is 16.1. The zero-order chi connectivity index (χ0) is 17.3. The summed E-state index contributed by atoms with van der Waals surface area (Å²) in [5.41, 5.74) is 0.876. The van der Waals surface area contributed by atoms with Crippen LogP contribution in [0.15, 0.2) is 54.6 Å². The van der Waals surface area contributed by atoms with Crippen LogP contribution in [0.3, 0.4) is 0 Å². The highest BCUT2D eigenvalue weighted by molar-refractivity contribution is 7.81. The first-order chi connectivity index (χ1) is 11.5. The molecule has 0 saturated heterocycles. The number of imide groups is 1. The van der Waals surface area contributed by atoms with Crippen molar-refractivity contribution < 1.29 is 19.2 Å². The number of hydrogen-bond acceptors (Lipinski definition) is 5. The van der Waals surface area contributed by atoms with Crippen molar-refractivity contribution >= 4 is 36.0 Å². The highest BCUT2D eigenvalue weighted by atomic mass is 32.1. The zero-order valence-electron chi connectivity index (χ0n) is 12.5. The van der Waals surface area contributed by atoms with E-state index in [2.05, 4.69) is 12.6 Å². The Balaban J connectivity index is 1.76. The monoisotopic (exact) mass is 339 g/mol. The van der Waals surface area contributed by atoms with Gasteiger partial charge in [0.2, 0.25) is 0 Å². The Kier molecular flexibility index (Phi) is 4.31. The van der Waals surface area contributed by atoms with Crippen molar-refractivity contribution in [3.05, 3.63) is 71.3 Å². The number of carbonyl (C=O) groups is 4. The number of benzene rings is 2. The van der Waals surface area contributed by atoms with Crippen LogP contribution in [-0.2, 0) is 4.79 Å². The van der Waals surface area contributed by atoms with Gasteiger partial charge in [-0.2, -0.15) is 0 Å². The lowest BCUT2D eigenvalue weighted by Gasteiger charge is -2.20. The fourth-order valence-corrected chi connectivity index (χ4v) is 2.85. The largest absolute Gasteiger partial charge is 0.296 e. The minimum Gasteiger partial charge on any atom is -0.296 e. The van der Waals surface area contributed by atoms with E-state index in [1.807, 2.05) is 0 Å². The van der Waals surface area contributed by atoms with Crippen LogP contribution in [0.1, 0.15) is 37.5 Å². The van der Waals surface area contributed by atoms with E-state index < -0.39 is 29.4 Å². The molecule has 1 aliphatic rings. The van der Waals surface area contributed by atoms with E-state index in [1.54, 1.807) is 42.5 Å². The molecule has 0 radical (unpaired) electrons. The van der Waals surface area contributed by atoms with Gasteiger partial charge in [0, 0.05) is 5.56 Å². The smallest absolute Gasteiger partial charge is 0.262 e. The van der Waals surface area contributed by atoms with E-state index in [1.165, 1.54) is 12.1 Å². The number of carbonyl (C=O) groups excluding carboxylic acids is 4. The molecule has 1 unspecified atom stereocenters. The van der Waals surface area contributed by atoms with E-state index in [0.29, 0.717) is 5.56 Å². The molecule has 2 aromatic rings. The van der Waals surface area contributed by atoms with Gasteiger partial charge in [-0.25, -0.2) is 0 Å². The van der Waals surface area contributed by atoms with Gasteiger partial charge in [-0.3, -0.25) is 24.1 Å². The number of fused-ring (bicyclic) bond motifs is 1. The lowest BCUT2D eigenvalue weighted by molar-refractivity contribution is -0.119. The molecule has 1 heterocycles. The van der Waals surface area contributed by atoms with Gasteiger partial charge in [0.1, 0.15) is 5.37 Å². The third-order valence-electron chi connectivity index (χ3n) is 3.79. The number of amides is 2. The van der Waals surface area contributed by atoms with Crippen LogP contribution in [0.4, 0.5) is 0 Å². The first-order valence-corrected chi connectivity index (χ1v) is 7.78. The van der Waals surface area contributed by atoms with E-state index >= 15 is 0 Å². The number of hydrogen-bond donors (Lipinski definition) is 1. The molecule has 2 aromatic carbocycles. The van der Waals surface area contributed by atoms with Crippen molar-refractivity contribution in [1.29, 1.82) is 0 Å². The zero-order valence-corrected chi connectivity index (χ0v) is 13.4. The van der Waals surface area contributed by atoms with Crippen LogP contribution in [0.25, 0.3) is 0 Å². The normalized spacial score (nSPS) is 14.5. The first-order valence-electron chi connectivity index (χ1n) is 7.26. The maximum Gasteiger partial charge on any atom is 0.262 e. The SMILES string of the molecule is O=C(CC(=O)C(S)N1C(=O)c2ccccc2C1=O)c1ccccc1. The summed E-state index contributed by atoms with van der Waals surface area (Å²) in [5.74, 6) is -2.12. The van der Waals surface area contributed by atoms with Crippen LogP contribution in [0.2, 0.25) is 0 Å². The third kappa shape index (κ3) is 2.76. The molecule has 120 valence electrons. The Labute approximate surface area is 143 Å². The Hall–Kier alpha value is -2.73. The molecule has 0 aliphatic carbocycles. The molecule has 1 aliphatic heterocycles. The lowest BCUT2D eigenvalue weighted by Crippen LogP contribution is -2.42. The summed E-state index contributed by atoms with van der Waals surface area (Å²) >= 11 is 4.11. The lowest BCUT2D eigenvalue weighted by atomic mass is 10.1. The van der Waals surface area contributed by atoms with Crippen LogP contribution in [0.5, 0.6) is 0 Å². The number of nitrogens with zero attached hydrogens (tertiary/aromatic N) is 1. The Morgan fingerprint density at radius 3 is 1.92 bits per heavy atom. The molecule has 0 saturated carbocycles. The summed E-state index contributed by atoms with van der Waals surface area (Å²) < 4.78 is 0. The van der Waals surface area contributed by atoms with Crippen LogP contribution in [-0.4, -0.2) is 33.7 Å². The highest BCUT2D eigenvalue weighted by Crippen LogP contribution is 2.26. The van der Waals surface area contributed by atoms with Crippen LogP contribution >= 0.6 is 12.6 Å². The summed E-state index contributed by atoms with van der Waals surface area (Å²) in [6.45, 7) is 0. The Morgan fingerprint density at radius 2 is 1.38 bits per heavy atom. The summed E-state index contributed by atoms with van der Waals surface area (Å²) in [6, 6.07) is 14.7. The molecular formula is C18H13NO4S. The van der Waals surface area contributed by atoms with Crippen molar-refractivity contribution in [3.63, 3.8) is 0 Å². The number of rotatable bonds is 5. The predicted molar refractivity (Wildman–Crippen MR) is 90.1 cm³/mol. The topological polar surface area (TPSA) is 71.5 Å². The minimum absolute atomic E-state index is 0.240. The number of Topliss-reactive ketones (excluding diaryl/α,β-unsaturated/α-hetero) is 2. The fraction of sp³-hybridized carbons (Fsp3) is 0.111. The van der Waals surface area contributed by atoms with E-state index in [4.69, 9.17) is 0 Å². The quantitative estimate of drug-likeness (QED) is 0.393. The summed E-state index contributed by atoms with van der Waals surface area (Å²) in [4.78, 5) is 49.9. The molecule has 5 nitrogen and oxygen atoms in total. The molecule has 0 N–H and O–H groups in total. The highest BCUT2D eigenvalue weighted by Gasteiger charge is 2.41. The maximum absolute atomic E-state index is 12.3. The van der Waals surface area contributed by atoms with Crippen LogP contribution < -0.4 is 0 Å². The Bertz CT molecular complexity index is 812. The van der Waals surface area contributed by atoms with Gasteiger partial charge >= 0.3 is 0 Å².